The molecule has 0 rings (SSSR count). The second-order valence-corrected chi connectivity index (χ2v) is 18.7. The number of aliphatic hydroxyl groups is 2. The lowest BCUT2D eigenvalue weighted by molar-refractivity contribution is -0.123. The van der Waals surface area contributed by atoms with Crippen molar-refractivity contribution >= 4 is 5.91 Å². The summed E-state index contributed by atoms with van der Waals surface area (Å²) in [6.45, 7) is 4.37. The Bertz CT molecular complexity index is 912. The van der Waals surface area contributed by atoms with E-state index in [1.807, 2.05) is 0 Å². The van der Waals surface area contributed by atoms with Gasteiger partial charge in [0.15, 0.2) is 0 Å². The maximum absolute atomic E-state index is 12.5. The first-order chi connectivity index (χ1) is 29.7. The Morgan fingerprint density at radius 3 is 1.02 bits per heavy atom. The molecule has 3 N–H and O–H groups in total. The molecule has 4 nitrogen and oxygen atoms in total. The highest BCUT2D eigenvalue weighted by Gasteiger charge is 2.20. The number of hydrogen-bond donors (Lipinski definition) is 3. The SMILES string of the molecule is CCCCCCC/C=C\C/C=C\C/C=C\CCCCCCCCCCCCCCCCCCCCC(=O)NC(CO)C(O)CCCCCCCCCCCCCCCCC. The van der Waals surface area contributed by atoms with Crippen LogP contribution >= 0.6 is 0 Å². The minimum absolute atomic E-state index is 0.0276. The first-order valence-electron chi connectivity index (χ1n) is 27.2. The molecule has 0 aliphatic heterocycles. The minimum atomic E-state index is -0.657. The van der Waals surface area contributed by atoms with Gasteiger partial charge in [0.05, 0.1) is 18.8 Å². The second kappa shape index (κ2) is 52.0. The molecular weight excluding hydrogens is 735 g/mol. The molecule has 2 unspecified atom stereocenters. The average Bonchev–Trinajstić information content (AvgIpc) is 3.25. The van der Waals surface area contributed by atoms with Crippen LogP contribution in [0, 0.1) is 0 Å². The fraction of sp³-hybridized carbons (Fsp3) is 0.875. The van der Waals surface area contributed by atoms with E-state index in [0.717, 1.165) is 38.5 Å². The average molecular weight is 842 g/mol. The summed E-state index contributed by atoms with van der Waals surface area (Å²) in [6.07, 6.45) is 69.8. The van der Waals surface area contributed by atoms with Crippen LogP contribution in [0.5, 0.6) is 0 Å². The zero-order valence-electron chi connectivity index (χ0n) is 40.7. The standard InChI is InChI=1S/C56H107NO3/c1-3-5-7-9-11-13-15-17-19-20-21-22-23-24-25-26-27-28-29-30-31-32-33-34-35-36-38-40-42-44-46-48-50-52-56(60)57-54(53-58)55(59)51-49-47-45-43-41-39-37-18-16-14-12-10-8-6-4-2/h15,17,20-21,23-24,54-55,58-59H,3-14,16,18-19,22,25-53H2,1-2H3,(H,57,60)/b17-15-,21-20-,24-23-. The van der Waals surface area contributed by atoms with Gasteiger partial charge in [-0.25, -0.2) is 0 Å². The molecule has 0 aromatic rings. The van der Waals surface area contributed by atoms with Crippen molar-refractivity contribution in [2.45, 2.75) is 309 Å². The van der Waals surface area contributed by atoms with Gasteiger partial charge < -0.3 is 15.5 Å². The molecule has 60 heavy (non-hydrogen) atoms. The van der Waals surface area contributed by atoms with Crippen molar-refractivity contribution in [3.05, 3.63) is 36.5 Å². The van der Waals surface area contributed by atoms with Gasteiger partial charge in [0.2, 0.25) is 5.91 Å². The lowest BCUT2D eigenvalue weighted by Gasteiger charge is -2.22. The van der Waals surface area contributed by atoms with Crippen molar-refractivity contribution in [1.29, 1.82) is 0 Å². The van der Waals surface area contributed by atoms with Gasteiger partial charge in [-0.2, -0.15) is 0 Å². The van der Waals surface area contributed by atoms with Crippen LogP contribution in [-0.2, 0) is 4.79 Å². The van der Waals surface area contributed by atoms with E-state index in [0.29, 0.717) is 12.8 Å². The normalized spacial score (nSPS) is 13.1. The molecule has 0 fully saturated rings. The van der Waals surface area contributed by atoms with E-state index in [-0.39, 0.29) is 12.5 Å². The van der Waals surface area contributed by atoms with E-state index < -0.39 is 12.1 Å². The Morgan fingerprint density at radius 2 is 0.683 bits per heavy atom. The predicted molar refractivity (Wildman–Crippen MR) is 267 cm³/mol. The van der Waals surface area contributed by atoms with Crippen LogP contribution in [0.3, 0.4) is 0 Å². The van der Waals surface area contributed by atoms with Crippen LogP contribution in [0.25, 0.3) is 0 Å². The zero-order valence-corrected chi connectivity index (χ0v) is 40.7. The fourth-order valence-corrected chi connectivity index (χ4v) is 8.49. The first-order valence-corrected chi connectivity index (χ1v) is 27.2. The topological polar surface area (TPSA) is 69.6 Å². The van der Waals surface area contributed by atoms with Gasteiger partial charge in [-0.1, -0.05) is 275 Å². The number of hydrogen-bond acceptors (Lipinski definition) is 3. The number of rotatable bonds is 50. The number of unbranched alkanes of at least 4 members (excludes halogenated alkanes) is 37. The number of aliphatic hydroxyl groups excluding tert-OH is 2. The predicted octanol–water partition coefficient (Wildman–Crippen LogP) is 17.7. The summed E-state index contributed by atoms with van der Waals surface area (Å²) >= 11 is 0. The number of carbonyl (C=O) groups is 1. The minimum Gasteiger partial charge on any atom is -0.394 e. The van der Waals surface area contributed by atoms with E-state index in [9.17, 15) is 15.0 Å². The molecule has 0 aliphatic rings. The molecule has 354 valence electrons. The molecule has 1 amide bonds. The molecule has 0 spiro atoms. The highest BCUT2D eigenvalue weighted by atomic mass is 16.3. The summed E-state index contributed by atoms with van der Waals surface area (Å²) in [6, 6.07) is -0.534. The van der Waals surface area contributed by atoms with Crippen LogP contribution in [-0.4, -0.2) is 34.9 Å². The van der Waals surface area contributed by atoms with Crippen LogP contribution in [0.2, 0.25) is 0 Å². The van der Waals surface area contributed by atoms with Gasteiger partial charge in [0, 0.05) is 6.42 Å². The maximum Gasteiger partial charge on any atom is 0.220 e. The molecule has 0 saturated heterocycles. The number of amides is 1. The van der Waals surface area contributed by atoms with Gasteiger partial charge >= 0.3 is 0 Å². The summed E-state index contributed by atoms with van der Waals surface area (Å²) in [7, 11) is 0. The van der Waals surface area contributed by atoms with Crippen molar-refractivity contribution in [1.82, 2.24) is 5.32 Å². The maximum atomic E-state index is 12.5. The molecule has 0 aliphatic carbocycles. The quantitative estimate of drug-likeness (QED) is 0.0422. The molecule has 0 heterocycles. The molecule has 0 saturated carbocycles. The molecule has 4 heteroatoms. The lowest BCUT2D eigenvalue weighted by atomic mass is 10.0. The van der Waals surface area contributed by atoms with Crippen molar-refractivity contribution in [2.24, 2.45) is 0 Å². The Balaban J connectivity index is 3.42. The second-order valence-electron chi connectivity index (χ2n) is 18.7. The Labute approximate surface area is 376 Å². The molecule has 0 aromatic heterocycles. The highest BCUT2D eigenvalue weighted by molar-refractivity contribution is 5.76. The third kappa shape index (κ3) is 47.7. The largest absolute Gasteiger partial charge is 0.394 e. The van der Waals surface area contributed by atoms with Gasteiger partial charge in [-0.3, -0.25) is 4.79 Å². The molecule has 0 aromatic carbocycles. The van der Waals surface area contributed by atoms with E-state index >= 15 is 0 Å². The Hall–Kier alpha value is -1.39. The fourth-order valence-electron chi connectivity index (χ4n) is 8.49. The Kier molecular flexibility index (Phi) is 50.8. The molecule has 0 radical (unpaired) electrons. The van der Waals surface area contributed by atoms with Crippen LogP contribution in [0.1, 0.15) is 296 Å². The number of allylic oxidation sites excluding steroid dienone is 6. The summed E-state index contributed by atoms with van der Waals surface area (Å²) in [5, 5.41) is 23.3. The Morgan fingerprint density at radius 1 is 0.400 bits per heavy atom. The van der Waals surface area contributed by atoms with E-state index in [1.165, 1.54) is 231 Å². The lowest BCUT2D eigenvalue weighted by Crippen LogP contribution is -2.45. The number of carbonyl (C=O) groups excluding carboxylic acids is 1. The third-order valence-electron chi connectivity index (χ3n) is 12.7. The van der Waals surface area contributed by atoms with Crippen molar-refractivity contribution < 1.29 is 15.0 Å². The molecule has 0 bridgehead atoms. The smallest absolute Gasteiger partial charge is 0.220 e. The highest BCUT2D eigenvalue weighted by Crippen LogP contribution is 2.17. The molecular formula is C56H107NO3. The van der Waals surface area contributed by atoms with Gasteiger partial charge in [0.25, 0.3) is 0 Å². The van der Waals surface area contributed by atoms with Crippen LogP contribution in [0.15, 0.2) is 36.5 Å². The van der Waals surface area contributed by atoms with Crippen molar-refractivity contribution in [3.8, 4) is 0 Å². The summed E-state index contributed by atoms with van der Waals surface area (Å²) < 4.78 is 0. The monoisotopic (exact) mass is 842 g/mol. The number of nitrogens with one attached hydrogen (secondary N) is 1. The van der Waals surface area contributed by atoms with Gasteiger partial charge in [-0.05, 0) is 51.4 Å². The van der Waals surface area contributed by atoms with Gasteiger partial charge in [0.1, 0.15) is 0 Å². The molecule has 2 atom stereocenters. The first kappa shape index (κ1) is 58.6. The van der Waals surface area contributed by atoms with E-state index in [4.69, 9.17) is 0 Å². The van der Waals surface area contributed by atoms with Gasteiger partial charge in [-0.15, -0.1) is 0 Å². The van der Waals surface area contributed by atoms with Crippen molar-refractivity contribution in [3.63, 3.8) is 0 Å². The van der Waals surface area contributed by atoms with Crippen molar-refractivity contribution in [2.75, 3.05) is 6.61 Å². The van der Waals surface area contributed by atoms with E-state index in [2.05, 4.69) is 55.6 Å². The summed E-state index contributed by atoms with van der Waals surface area (Å²) in [5.74, 6) is -0.0276. The van der Waals surface area contributed by atoms with Crippen LogP contribution in [0.4, 0.5) is 0 Å². The third-order valence-corrected chi connectivity index (χ3v) is 12.7. The van der Waals surface area contributed by atoms with Crippen LogP contribution < -0.4 is 5.32 Å². The van der Waals surface area contributed by atoms with E-state index in [1.54, 1.807) is 0 Å². The summed E-state index contributed by atoms with van der Waals surface area (Å²) in [5.41, 5.74) is 0. The zero-order chi connectivity index (χ0) is 43.5. The summed E-state index contributed by atoms with van der Waals surface area (Å²) in [4.78, 5) is 12.5.